The molecular formula is C21H14Cl2N4O3S. The molecule has 2 heterocycles. The summed E-state index contributed by atoms with van der Waals surface area (Å²) in [6.07, 6.45) is 1.56. The minimum atomic E-state index is -0.469. The Morgan fingerprint density at radius 1 is 1.16 bits per heavy atom. The first-order valence-corrected chi connectivity index (χ1v) is 10.6. The van der Waals surface area contributed by atoms with Crippen molar-refractivity contribution in [3.63, 3.8) is 0 Å². The predicted octanol–water partition coefficient (Wildman–Crippen LogP) is 6.53. The van der Waals surface area contributed by atoms with Crippen molar-refractivity contribution in [3.05, 3.63) is 97.0 Å². The van der Waals surface area contributed by atoms with Crippen LogP contribution in [0.2, 0.25) is 10.0 Å². The van der Waals surface area contributed by atoms with Crippen LogP contribution in [-0.4, -0.2) is 15.3 Å². The molecule has 0 spiro atoms. The van der Waals surface area contributed by atoms with Gasteiger partial charge in [-0.2, -0.15) is 5.10 Å². The number of nitro benzene ring substituents is 1. The number of benzene rings is 2. The molecule has 0 saturated heterocycles. The Bertz CT molecular complexity index is 1360. The van der Waals surface area contributed by atoms with Gasteiger partial charge in [-0.1, -0.05) is 35.3 Å². The summed E-state index contributed by atoms with van der Waals surface area (Å²) < 4.78 is 7.01. The van der Waals surface area contributed by atoms with E-state index < -0.39 is 4.92 Å². The van der Waals surface area contributed by atoms with E-state index in [9.17, 15) is 10.1 Å². The lowest BCUT2D eigenvalue weighted by Gasteiger charge is -2.07. The fourth-order valence-electron chi connectivity index (χ4n) is 2.85. The molecule has 0 aliphatic heterocycles. The van der Waals surface area contributed by atoms with E-state index in [0.717, 1.165) is 0 Å². The lowest BCUT2D eigenvalue weighted by molar-refractivity contribution is -0.384. The molecule has 0 fully saturated rings. The molecule has 0 radical (unpaired) electrons. The number of furan rings is 1. The summed E-state index contributed by atoms with van der Waals surface area (Å²) in [5.74, 6) is 0.582. The van der Waals surface area contributed by atoms with Crippen LogP contribution in [0.25, 0.3) is 11.3 Å². The Labute approximate surface area is 190 Å². The summed E-state index contributed by atoms with van der Waals surface area (Å²) in [5.41, 5.74) is 2.01. The standard InChI is InChI=1S/C21H14Cl2N4O3S/c1-13(20-7-4-10-30-20)25-26-19(15-11-14(22)8-9-16(15)23)12-31-21(26)24-17-5-2-3-6-18(17)27(28)29/h2-12H,1H3. The number of nitro groups is 1. The highest BCUT2D eigenvalue weighted by Crippen LogP contribution is 2.32. The maximum Gasteiger partial charge on any atom is 0.294 e. The highest BCUT2D eigenvalue weighted by Gasteiger charge is 2.16. The fourth-order valence-corrected chi connectivity index (χ4v) is 4.07. The zero-order chi connectivity index (χ0) is 22.0. The van der Waals surface area contributed by atoms with Gasteiger partial charge in [0.15, 0.2) is 0 Å². The summed E-state index contributed by atoms with van der Waals surface area (Å²) in [6, 6.07) is 14.9. The largest absolute Gasteiger partial charge is 0.463 e. The third-order valence-electron chi connectivity index (χ3n) is 4.31. The predicted molar refractivity (Wildman–Crippen MR) is 122 cm³/mol. The maximum atomic E-state index is 11.4. The van der Waals surface area contributed by atoms with Crippen molar-refractivity contribution in [2.45, 2.75) is 6.92 Å². The van der Waals surface area contributed by atoms with Crippen LogP contribution in [0, 0.1) is 10.1 Å². The number of thiazole rings is 1. The number of rotatable bonds is 5. The SMILES string of the molecule is CC(=Nn1c(-c2cc(Cl)ccc2Cl)csc1=Nc1ccccc1[N+](=O)[O-])c1ccco1. The molecule has 0 saturated carbocycles. The molecular weight excluding hydrogens is 459 g/mol. The van der Waals surface area contributed by atoms with Crippen molar-refractivity contribution in [1.29, 1.82) is 0 Å². The molecule has 2 aromatic carbocycles. The summed E-state index contributed by atoms with van der Waals surface area (Å²) >= 11 is 13.9. The molecule has 4 rings (SSSR count). The van der Waals surface area contributed by atoms with Crippen LogP contribution in [0.1, 0.15) is 12.7 Å². The zero-order valence-electron chi connectivity index (χ0n) is 16.0. The lowest BCUT2D eigenvalue weighted by Crippen LogP contribution is -2.14. The van der Waals surface area contributed by atoms with Crippen LogP contribution in [0.5, 0.6) is 0 Å². The van der Waals surface area contributed by atoms with Gasteiger partial charge in [0, 0.05) is 22.0 Å². The van der Waals surface area contributed by atoms with Crippen LogP contribution in [0.4, 0.5) is 11.4 Å². The van der Waals surface area contributed by atoms with Gasteiger partial charge in [-0.3, -0.25) is 10.1 Å². The van der Waals surface area contributed by atoms with Gasteiger partial charge in [0.25, 0.3) is 5.69 Å². The molecule has 156 valence electrons. The Morgan fingerprint density at radius 3 is 2.71 bits per heavy atom. The van der Waals surface area contributed by atoms with Crippen LogP contribution in [-0.2, 0) is 0 Å². The number of halogens is 2. The van der Waals surface area contributed by atoms with Crippen LogP contribution < -0.4 is 4.80 Å². The Balaban J connectivity index is 1.97. The zero-order valence-corrected chi connectivity index (χ0v) is 18.4. The Morgan fingerprint density at radius 2 is 1.97 bits per heavy atom. The second-order valence-electron chi connectivity index (χ2n) is 6.36. The Hall–Kier alpha value is -3.20. The van der Waals surface area contributed by atoms with Gasteiger partial charge in [0.05, 0.1) is 21.9 Å². The molecule has 0 atom stereocenters. The summed E-state index contributed by atoms with van der Waals surface area (Å²) in [5, 5.41) is 18.9. The van der Waals surface area contributed by atoms with E-state index in [0.29, 0.717) is 37.6 Å². The number of hydrogen-bond acceptors (Lipinski definition) is 6. The molecule has 0 unspecified atom stereocenters. The van der Waals surface area contributed by atoms with E-state index in [1.807, 2.05) is 5.38 Å². The minimum Gasteiger partial charge on any atom is -0.463 e. The number of nitrogens with zero attached hydrogens (tertiary/aromatic N) is 4. The van der Waals surface area contributed by atoms with Crippen molar-refractivity contribution in [3.8, 4) is 11.3 Å². The van der Waals surface area contributed by atoms with E-state index in [-0.39, 0.29) is 11.4 Å². The highest BCUT2D eigenvalue weighted by atomic mass is 35.5. The van der Waals surface area contributed by atoms with Crippen molar-refractivity contribution < 1.29 is 9.34 Å². The average Bonchev–Trinajstić information content (AvgIpc) is 3.41. The third-order valence-corrected chi connectivity index (χ3v) is 5.69. The van der Waals surface area contributed by atoms with Crippen molar-refractivity contribution in [1.82, 2.24) is 4.68 Å². The number of aromatic nitrogens is 1. The van der Waals surface area contributed by atoms with Crippen LogP contribution in [0.3, 0.4) is 0 Å². The second-order valence-corrected chi connectivity index (χ2v) is 8.04. The molecule has 10 heteroatoms. The van der Waals surface area contributed by atoms with Crippen LogP contribution in [0.15, 0.2) is 80.8 Å². The van der Waals surface area contributed by atoms with E-state index in [2.05, 4.69) is 10.1 Å². The molecule has 7 nitrogen and oxygen atoms in total. The van der Waals surface area contributed by atoms with E-state index in [1.54, 1.807) is 66.4 Å². The van der Waals surface area contributed by atoms with E-state index in [1.165, 1.54) is 17.4 Å². The van der Waals surface area contributed by atoms with Crippen molar-refractivity contribution in [2.24, 2.45) is 10.1 Å². The first-order chi connectivity index (χ1) is 14.9. The lowest BCUT2D eigenvalue weighted by atomic mass is 10.2. The van der Waals surface area contributed by atoms with Crippen molar-refractivity contribution >= 4 is 51.6 Å². The first kappa shape index (κ1) is 21.0. The quantitative estimate of drug-likeness (QED) is 0.188. The molecule has 2 aromatic heterocycles. The van der Waals surface area contributed by atoms with Crippen molar-refractivity contribution in [2.75, 3.05) is 0 Å². The summed E-state index contributed by atoms with van der Waals surface area (Å²) in [6.45, 7) is 1.79. The average molecular weight is 473 g/mol. The smallest absolute Gasteiger partial charge is 0.294 e. The molecule has 0 aliphatic carbocycles. The third kappa shape index (κ3) is 4.46. The number of para-hydroxylation sites is 2. The van der Waals surface area contributed by atoms with Gasteiger partial charge < -0.3 is 4.42 Å². The Kier molecular flexibility index (Phi) is 6.03. The monoisotopic (exact) mass is 472 g/mol. The van der Waals surface area contributed by atoms with Crippen LogP contribution >= 0.6 is 34.5 Å². The normalized spacial score (nSPS) is 12.4. The van der Waals surface area contributed by atoms with Gasteiger partial charge in [-0.05, 0) is 43.3 Å². The molecule has 0 amide bonds. The van der Waals surface area contributed by atoms with Gasteiger partial charge in [-0.25, -0.2) is 9.67 Å². The topological polar surface area (TPSA) is 85.9 Å². The second kappa shape index (κ2) is 8.89. The molecule has 0 bridgehead atoms. The summed E-state index contributed by atoms with van der Waals surface area (Å²) in [7, 11) is 0. The van der Waals surface area contributed by atoms with Gasteiger partial charge in [0.1, 0.15) is 17.2 Å². The fraction of sp³-hybridized carbons (Fsp3) is 0.0476. The van der Waals surface area contributed by atoms with Gasteiger partial charge >= 0.3 is 0 Å². The van der Waals surface area contributed by atoms with E-state index in [4.69, 9.17) is 27.6 Å². The molecule has 4 aromatic rings. The number of hydrogen-bond donors (Lipinski definition) is 0. The highest BCUT2D eigenvalue weighted by molar-refractivity contribution is 7.07. The molecule has 0 N–H and O–H groups in total. The molecule has 0 aliphatic rings. The minimum absolute atomic E-state index is 0.100. The summed E-state index contributed by atoms with van der Waals surface area (Å²) in [4.78, 5) is 15.9. The molecule has 31 heavy (non-hydrogen) atoms. The maximum absolute atomic E-state index is 11.4. The van der Waals surface area contributed by atoms with Gasteiger partial charge in [0.2, 0.25) is 4.80 Å². The first-order valence-electron chi connectivity index (χ1n) is 8.97. The van der Waals surface area contributed by atoms with Gasteiger partial charge in [-0.15, -0.1) is 11.3 Å². The van der Waals surface area contributed by atoms with E-state index >= 15 is 0 Å².